The molecule has 0 aromatic carbocycles. The van der Waals surface area contributed by atoms with Gasteiger partial charge in [0, 0.05) is 13.0 Å². The van der Waals surface area contributed by atoms with E-state index in [4.69, 9.17) is 14.8 Å². The van der Waals surface area contributed by atoms with E-state index in [0.717, 1.165) is 64.2 Å². The summed E-state index contributed by atoms with van der Waals surface area (Å²) in [6.45, 7) is 4.15. The Morgan fingerprint density at radius 3 is 1.74 bits per heavy atom. The lowest BCUT2D eigenvalue weighted by molar-refractivity contribution is -0.123. The van der Waals surface area contributed by atoms with Gasteiger partial charge in [-0.3, -0.25) is 13.8 Å². The van der Waals surface area contributed by atoms with Crippen LogP contribution >= 0.6 is 7.82 Å². The van der Waals surface area contributed by atoms with Crippen LogP contribution in [0.4, 0.5) is 0 Å². The van der Waals surface area contributed by atoms with Crippen LogP contribution in [-0.2, 0) is 18.4 Å². The molecule has 0 fully saturated rings. The zero-order valence-electron chi connectivity index (χ0n) is 30.5. The quantitative estimate of drug-likeness (QED) is 0.0293. The molecule has 0 aliphatic heterocycles. The Hall–Kier alpha value is -1.02. The molecule has 0 aliphatic rings. The molecule has 3 atom stereocenters. The zero-order valence-corrected chi connectivity index (χ0v) is 31.4. The molecule has 9 heteroatoms. The summed E-state index contributed by atoms with van der Waals surface area (Å²) in [7, 11) is -4.31. The molecular formula is C38H75N2O6P. The highest BCUT2D eigenvalue weighted by atomic mass is 31.2. The van der Waals surface area contributed by atoms with E-state index in [9.17, 15) is 19.4 Å². The maximum absolute atomic E-state index is 12.7. The zero-order chi connectivity index (χ0) is 34.7. The van der Waals surface area contributed by atoms with E-state index < -0.39 is 20.0 Å². The topological polar surface area (TPSA) is 131 Å². The molecule has 0 heterocycles. The number of nitrogens with two attached hydrogens (primary N) is 1. The van der Waals surface area contributed by atoms with Crippen molar-refractivity contribution in [3.63, 3.8) is 0 Å². The SMILES string of the molecule is CCCC/C=C\C/C=C\CCCCCCCC(=O)NC(COP(=O)(O)OCCN)C(O)CCCCCCCCCCCCCCCC. The van der Waals surface area contributed by atoms with Gasteiger partial charge >= 0.3 is 7.82 Å². The predicted octanol–water partition coefficient (Wildman–Crippen LogP) is 10.2. The number of aliphatic hydroxyl groups is 1. The summed E-state index contributed by atoms with van der Waals surface area (Å²) in [5.41, 5.74) is 5.36. The second-order valence-corrected chi connectivity index (χ2v) is 14.6. The minimum atomic E-state index is -4.31. The monoisotopic (exact) mass is 687 g/mol. The van der Waals surface area contributed by atoms with Crippen molar-refractivity contribution >= 4 is 13.7 Å². The van der Waals surface area contributed by atoms with Crippen molar-refractivity contribution in [3.05, 3.63) is 24.3 Å². The second-order valence-electron chi connectivity index (χ2n) is 13.1. The number of unbranched alkanes of at least 4 members (excludes halogenated alkanes) is 20. The Morgan fingerprint density at radius 2 is 1.19 bits per heavy atom. The molecule has 0 aromatic heterocycles. The van der Waals surface area contributed by atoms with Crippen molar-refractivity contribution < 1.29 is 28.4 Å². The molecule has 0 bridgehead atoms. The van der Waals surface area contributed by atoms with Crippen molar-refractivity contribution in [2.24, 2.45) is 5.73 Å². The van der Waals surface area contributed by atoms with Gasteiger partial charge in [0.05, 0.1) is 25.4 Å². The van der Waals surface area contributed by atoms with Gasteiger partial charge in [-0.15, -0.1) is 0 Å². The first-order chi connectivity index (χ1) is 22.9. The van der Waals surface area contributed by atoms with Gasteiger partial charge in [-0.2, -0.15) is 0 Å². The highest BCUT2D eigenvalue weighted by molar-refractivity contribution is 7.47. The summed E-state index contributed by atoms with van der Waals surface area (Å²) in [4.78, 5) is 22.6. The molecule has 3 unspecified atom stereocenters. The first-order valence-electron chi connectivity index (χ1n) is 19.5. The van der Waals surface area contributed by atoms with Crippen molar-refractivity contribution in [1.82, 2.24) is 5.32 Å². The lowest BCUT2D eigenvalue weighted by atomic mass is 10.0. The second kappa shape index (κ2) is 34.8. The van der Waals surface area contributed by atoms with E-state index in [-0.39, 0.29) is 25.7 Å². The molecule has 0 spiro atoms. The molecule has 0 radical (unpaired) electrons. The number of hydrogen-bond acceptors (Lipinski definition) is 6. The van der Waals surface area contributed by atoms with Crippen LogP contribution in [0, 0.1) is 0 Å². The summed E-state index contributed by atoms with van der Waals surface area (Å²) in [6, 6.07) is -0.778. The smallest absolute Gasteiger partial charge is 0.391 e. The third-order valence-corrected chi connectivity index (χ3v) is 9.54. The van der Waals surface area contributed by atoms with Gasteiger partial charge in [-0.05, 0) is 38.5 Å². The van der Waals surface area contributed by atoms with E-state index in [1.54, 1.807) is 0 Å². The van der Waals surface area contributed by atoms with Crippen LogP contribution in [0.2, 0.25) is 0 Å². The number of rotatable bonds is 36. The van der Waals surface area contributed by atoms with E-state index in [2.05, 4.69) is 43.5 Å². The number of aliphatic hydroxyl groups excluding tert-OH is 1. The van der Waals surface area contributed by atoms with Crippen molar-refractivity contribution in [2.45, 2.75) is 193 Å². The molecule has 0 saturated carbocycles. The molecule has 0 aromatic rings. The third-order valence-electron chi connectivity index (χ3n) is 8.56. The molecule has 0 rings (SSSR count). The molecule has 0 saturated heterocycles. The summed E-state index contributed by atoms with van der Waals surface area (Å²) < 4.78 is 22.1. The normalized spacial score (nSPS) is 14.6. The highest BCUT2D eigenvalue weighted by Gasteiger charge is 2.27. The Kier molecular flexibility index (Phi) is 34.1. The molecule has 8 nitrogen and oxygen atoms in total. The molecule has 278 valence electrons. The predicted molar refractivity (Wildman–Crippen MR) is 198 cm³/mol. The molecule has 0 aliphatic carbocycles. The van der Waals surface area contributed by atoms with Crippen LogP contribution in [0.15, 0.2) is 24.3 Å². The lowest BCUT2D eigenvalue weighted by Gasteiger charge is -2.25. The van der Waals surface area contributed by atoms with Crippen LogP contribution in [0.25, 0.3) is 0 Å². The fourth-order valence-corrected chi connectivity index (χ4v) is 6.32. The van der Waals surface area contributed by atoms with Gasteiger partial charge in [0.2, 0.25) is 5.91 Å². The van der Waals surface area contributed by atoms with Gasteiger partial charge in [-0.1, -0.05) is 160 Å². The summed E-state index contributed by atoms with van der Waals surface area (Å²) >= 11 is 0. The maximum Gasteiger partial charge on any atom is 0.472 e. The van der Waals surface area contributed by atoms with Crippen LogP contribution in [0.1, 0.15) is 181 Å². The Bertz CT molecular complexity index is 794. The van der Waals surface area contributed by atoms with E-state index in [0.29, 0.717) is 12.8 Å². The van der Waals surface area contributed by atoms with Gasteiger partial charge in [0.25, 0.3) is 0 Å². The lowest BCUT2D eigenvalue weighted by Crippen LogP contribution is -2.46. The van der Waals surface area contributed by atoms with Gasteiger partial charge in [0.15, 0.2) is 0 Å². The number of nitrogens with one attached hydrogen (secondary N) is 1. The largest absolute Gasteiger partial charge is 0.472 e. The summed E-state index contributed by atoms with van der Waals surface area (Å²) in [6.07, 6.45) is 37.5. The number of phosphoric acid groups is 1. The first-order valence-corrected chi connectivity index (χ1v) is 20.9. The van der Waals surface area contributed by atoms with Crippen LogP contribution in [0.5, 0.6) is 0 Å². The number of amides is 1. The molecule has 1 amide bonds. The Morgan fingerprint density at radius 1 is 0.702 bits per heavy atom. The molecule has 47 heavy (non-hydrogen) atoms. The summed E-state index contributed by atoms with van der Waals surface area (Å²) in [5.74, 6) is -0.177. The first kappa shape index (κ1) is 46.0. The Balaban J connectivity index is 4.26. The Labute approximate surface area is 289 Å². The number of carbonyl (C=O) groups is 1. The minimum Gasteiger partial charge on any atom is -0.391 e. The maximum atomic E-state index is 12.7. The van der Waals surface area contributed by atoms with Gasteiger partial charge in [-0.25, -0.2) is 4.57 Å². The average Bonchev–Trinajstić information content (AvgIpc) is 3.05. The van der Waals surface area contributed by atoms with E-state index in [1.807, 2.05) is 0 Å². The minimum absolute atomic E-state index is 0.0866. The highest BCUT2D eigenvalue weighted by Crippen LogP contribution is 2.43. The van der Waals surface area contributed by atoms with Crippen LogP contribution < -0.4 is 11.1 Å². The number of allylic oxidation sites excluding steroid dienone is 4. The van der Waals surface area contributed by atoms with Crippen LogP contribution in [0.3, 0.4) is 0 Å². The van der Waals surface area contributed by atoms with E-state index in [1.165, 1.54) is 89.9 Å². The number of carbonyl (C=O) groups excluding carboxylic acids is 1. The number of phosphoric ester groups is 1. The van der Waals surface area contributed by atoms with Crippen molar-refractivity contribution in [2.75, 3.05) is 19.8 Å². The van der Waals surface area contributed by atoms with Crippen LogP contribution in [-0.4, -0.2) is 47.8 Å². The van der Waals surface area contributed by atoms with Gasteiger partial charge in [0.1, 0.15) is 0 Å². The van der Waals surface area contributed by atoms with Gasteiger partial charge < -0.3 is 21.1 Å². The average molecular weight is 687 g/mol. The fraction of sp³-hybridized carbons (Fsp3) is 0.868. The summed E-state index contributed by atoms with van der Waals surface area (Å²) in [5, 5.41) is 13.7. The standard InChI is InChI=1S/C38H75N2O6P/c1-3-5-7-9-11-13-15-17-19-21-23-25-27-29-31-37(41)36(35-46-47(43,44)45-34-33-39)40-38(42)32-30-28-26-24-22-20-18-16-14-12-10-8-6-4-2/h10,12,16,18,36-37,41H,3-9,11,13-15,17,19-35,39H2,1-2H3,(H,40,42)(H,43,44)/b12-10-,18-16-. The third kappa shape index (κ3) is 33.3. The van der Waals surface area contributed by atoms with Crippen molar-refractivity contribution in [1.29, 1.82) is 0 Å². The number of hydrogen-bond donors (Lipinski definition) is 4. The van der Waals surface area contributed by atoms with Crippen molar-refractivity contribution in [3.8, 4) is 0 Å². The molecule has 5 N–H and O–H groups in total. The molecular weight excluding hydrogens is 611 g/mol. The van der Waals surface area contributed by atoms with E-state index >= 15 is 0 Å². The fourth-order valence-electron chi connectivity index (χ4n) is 5.56.